The van der Waals surface area contributed by atoms with Crippen molar-refractivity contribution in [2.75, 3.05) is 62.8 Å². The number of aromatic nitrogens is 2. The maximum Gasteiger partial charge on any atom is 0.330 e. The molecule has 6 rings (SSSR count). The summed E-state index contributed by atoms with van der Waals surface area (Å²) in [7, 11) is 2.13. The van der Waals surface area contributed by atoms with Crippen molar-refractivity contribution in [3.8, 4) is 12.1 Å². The minimum absolute atomic E-state index is 0.163. The van der Waals surface area contributed by atoms with Crippen LogP contribution in [0.15, 0.2) is 48.6 Å². The molecule has 3 aromatic rings. The van der Waals surface area contributed by atoms with Gasteiger partial charge >= 0.3 is 12.0 Å². The summed E-state index contributed by atoms with van der Waals surface area (Å²) in [5.74, 6) is -0.0182. The highest BCUT2D eigenvalue weighted by Crippen LogP contribution is 2.36. The number of nitrogens with zero attached hydrogens (tertiary/aromatic N) is 7. The zero-order valence-electron chi connectivity index (χ0n) is 28.9. The third-order valence-electron chi connectivity index (χ3n) is 10.0. The van der Waals surface area contributed by atoms with Crippen molar-refractivity contribution >= 4 is 34.2 Å². The van der Waals surface area contributed by atoms with E-state index >= 15 is 0 Å². The lowest BCUT2D eigenvalue weighted by Crippen LogP contribution is -2.55. The van der Waals surface area contributed by atoms with Gasteiger partial charge in [0.2, 0.25) is 5.91 Å². The summed E-state index contributed by atoms with van der Waals surface area (Å²) in [6.45, 7) is 8.88. The predicted molar refractivity (Wildman–Crippen MR) is 190 cm³/mol. The molecule has 4 heterocycles. The van der Waals surface area contributed by atoms with Gasteiger partial charge in [-0.15, -0.1) is 0 Å². The minimum Gasteiger partial charge on any atom is -0.463 e. The Labute approximate surface area is 289 Å². The van der Waals surface area contributed by atoms with Gasteiger partial charge in [0, 0.05) is 61.0 Å². The second-order valence-corrected chi connectivity index (χ2v) is 13.3. The van der Waals surface area contributed by atoms with Crippen LogP contribution >= 0.6 is 0 Å². The number of piperazine rings is 1. The number of unbranched alkanes of at least 4 members (excludes halogenated alkanes) is 1. The lowest BCUT2D eigenvalue weighted by Gasteiger charge is -2.42. The highest BCUT2D eigenvalue weighted by Gasteiger charge is 2.34. The molecular formula is C38H47N7O4. The predicted octanol–water partition coefficient (Wildman–Crippen LogP) is 4.80. The van der Waals surface area contributed by atoms with Gasteiger partial charge in [-0.3, -0.25) is 4.79 Å². The molecule has 49 heavy (non-hydrogen) atoms. The number of benzene rings is 2. The summed E-state index contributed by atoms with van der Waals surface area (Å²) in [4.78, 5) is 43.9. The van der Waals surface area contributed by atoms with Crippen LogP contribution in [-0.2, 0) is 27.3 Å². The molecule has 0 radical (unpaired) electrons. The fourth-order valence-electron chi connectivity index (χ4n) is 7.27. The number of carbonyl (C=O) groups is 2. The maximum absolute atomic E-state index is 13.2. The van der Waals surface area contributed by atoms with Gasteiger partial charge in [-0.05, 0) is 63.2 Å². The monoisotopic (exact) mass is 665 g/mol. The standard InChI is InChI=1S/C38H47N7O4/c1-4-5-23-48-35(47)15-14-34(46)45-22-21-44(24-29(45)16-18-39)37-31-17-20-43(33-13-7-11-28-10-6-9-27(2)36(28)33)25-32(31)40-38(41-37)49-26-30-12-8-19-42(30)3/h6-7,9-11,13-15,29-30H,4-5,8,12,16-17,19-26H2,1-3H3/b15-14+/t29-,30-/m0/s1. The number of anilines is 2. The van der Waals surface area contributed by atoms with Gasteiger partial charge in [0.15, 0.2) is 0 Å². The molecule has 1 aromatic heterocycles. The third-order valence-corrected chi connectivity index (χ3v) is 10.0. The number of likely N-dealkylation sites (N-methyl/N-ethyl adjacent to an activating group) is 1. The second-order valence-electron chi connectivity index (χ2n) is 13.3. The summed E-state index contributed by atoms with van der Waals surface area (Å²) in [6.07, 6.45) is 7.29. The van der Waals surface area contributed by atoms with Crippen LogP contribution in [-0.4, -0.2) is 96.7 Å². The summed E-state index contributed by atoms with van der Waals surface area (Å²) in [6, 6.07) is 15.5. The molecule has 1 amide bonds. The number of amides is 1. The van der Waals surface area contributed by atoms with Gasteiger partial charge in [-0.1, -0.05) is 43.7 Å². The van der Waals surface area contributed by atoms with E-state index in [2.05, 4.69) is 71.1 Å². The molecule has 11 nitrogen and oxygen atoms in total. The number of nitriles is 1. The fraction of sp³-hybridized carbons (Fsp3) is 0.500. The highest BCUT2D eigenvalue weighted by atomic mass is 16.5. The first-order chi connectivity index (χ1) is 23.9. The van der Waals surface area contributed by atoms with E-state index < -0.39 is 5.97 Å². The van der Waals surface area contributed by atoms with Crippen molar-refractivity contribution < 1.29 is 19.1 Å². The van der Waals surface area contributed by atoms with Crippen LogP contribution in [0.25, 0.3) is 10.8 Å². The van der Waals surface area contributed by atoms with Crippen molar-refractivity contribution in [2.24, 2.45) is 0 Å². The average molecular weight is 666 g/mol. The van der Waals surface area contributed by atoms with Gasteiger partial charge in [0.1, 0.15) is 12.4 Å². The molecule has 2 aromatic carbocycles. The van der Waals surface area contributed by atoms with Gasteiger partial charge in [-0.25, -0.2) is 4.79 Å². The van der Waals surface area contributed by atoms with Crippen molar-refractivity contribution in [2.45, 2.75) is 71.0 Å². The van der Waals surface area contributed by atoms with Crippen LogP contribution in [0.5, 0.6) is 6.01 Å². The molecular weight excluding hydrogens is 618 g/mol. The number of rotatable bonds is 11. The van der Waals surface area contributed by atoms with Crippen LogP contribution < -0.4 is 14.5 Å². The number of hydrogen-bond donors (Lipinski definition) is 0. The molecule has 0 spiro atoms. The van der Waals surface area contributed by atoms with Crippen molar-refractivity contribution in [3.05, 3.63) is 65.4 Å². The SMILES string of the molecule is CCCCOC(=O)/C=C/C(=O)N1CCN(c2nc(OC[C@@H]3CCCN3C)nc3c2CCN(c2cccc4cccc(C)c24)C3)C[C@@H]1CC#N. The van der Waals surface area contributed by atoms with E-state index in [1.807, 2.05) is 6.92 Å². The highest BCUT2D eigenvalue weighted by molar-refractivity contribution is 5.97. The van der Waals surface area contributed by atoms with E-state index in [1.165, 1.54) is 34.2 Å². The summed E-state index contributed by atoms with van der Waals surface area (Å²) in [5, 5.41) is 12.2. The first-order valence-corrected chi connectivity index (χ1v) is 17.6. The van der Waals surface area contributed by atoms with E-state index in [0.717, 1.165) is 62.3 Å². The first kappa shape index (κ1) is 34.2. The lowest BCUT2D eigenvalue weighted by atomic mass is 9.99. The number of fused-ring (bicyclic) bond motifs is 2. The van der Waals surface area contributed by atoms with Crippen LogP contribution in [0.4, 0.5) is 11.5 Å². The third kappa shape index (κ3) is 7.81. The number of likely N-dealkylation sites (tertiary alicyclic amines) is 1. The Morgan fingerprint density at radius 1 is 1.04 bits per heavy atom. The molecule has 0 unspecified atom stereocenters. The van der Waals surface area contributed by atoms with Crippen molar-refractivity contribution in [3.63, 3.8) is 0 Å². The Bertz CT molecular complexity index is 1730. The fourth-order valence-corrected chi connectivity index (χ4v) is 7.27. The molecule has 3 aliphatic heterocycles. The average Bonchev–Trinajstić information content (AvgIpc) is 3.53. The van der Waals surface area contributed by atoms with Crippen molar-refractivity contribution in [1.82, 2.24) is 19.8 Å². The van der Waals surface area contributed by atoms with Crippen LogP contribution in [0.1, 0.15) is 55.8 Å². The Morgan fingerprint density at radius 2 is 1.88 bits per heavy atom. The molecule has 0 N–H and O–H groups in total. The Hall–Kier alpha value is -4.69. The molecule has 3 aliphatic rings. The molecule has 0 saturated carbocycles. The normalized spacial score (nSPS) is 19.7. The van der Waals surface area contributed by atoms with E-state index in [4.69, 9.17) is 19.4 Å². The zero-order valence-corrected chi connectivity index (χ0v) is 28.9. The largest absolute Gasteiger partial charge is 0.463 e. The quantitative estimate of drug-likeness (QED) is 0.161. The first-order valence-electron chi connectivity index (χ1n) is 17.6. The van der Waals surface area contributed by atoms with Gasteiger partial charge in [-0.2, -0.15) is 15.2 Å². The topological polar surface area (TPSA) is 115 Å². The van der Waals surface area contributed by atoms with Crippen LogP contribution in [0.2, 0.25) is 0 Å². The van der Waals surface area contributed by atoms with Crippen LogP contribution in [0.3, 0.4) is 0 Å². The maximum atomic E-state index is 13.2. The zero-order chi connectivity index (χ0) is 34.3. The van der Waals surface area contributed by atoms with Gasteiger partial charge < -0.3 is 29.1 Å². The Morgan fingerprint density at radius 3 is 2.65 bits per heavy atom. The Balaban J connectivity index is 1.26. The molecule has 0 aliphatic carbocycles. The Kier molecular flexibility index (Phi) is 10.9. The molecule has 2 atom stereocenters. The second kappa shape index (κ2) is 15.7. The molecule has 258 valence electrons. The summed E-state index contributed by atoms with van der Waals surface area (Å²) < 4.78 is 11.5. The number of ether oxygens (including phenoxy) is 2. The molecule has 11 heteroatoms. The van der Waals surface area contributed by atoms with E-state index in [1.54, 1.807) is 4.90 Å². The molecule has 2 fully saturated rings. The molecule has 0 bridgehead atoms. The lowest BCUT2D eigenvalue weighted by molar-refractivity contribution is -0.138. The van der Waals surface area contributed by atoms with Crippen LogP contribution in [0, 0.1) is 18.3 Å². The number of hydrogen-bond acceptors (Lipinski definition) is 10. The number of esters is 1. The van der Waals surface area contributed by atoms with Gasteiger partial charge in [0.25, 0.3) is 0 Å². The summed E-state index contributed by atoms with van der Waals surface area (Å²) in [5.41, 5.74) is 4.46. The van der Waals surface area contributed by atoms with E-state index in [9.17, 15) is 14.9 Å². The number of carbonyl (C=O) groups excluding carboxylic acids is 2. The number of aryl methyl sites for hydroxylation is 1. The molecule has 2 saturated heterocycles. The van der Waals surface area contributed by atoms with Crippen molar-refractivity contribution in [1.29, 1.82) is 5.26 Å². The van der Waals surface area contributed by atoms with Gasteiger partial charge in [0.05, 0.1) is 37.4 Å². The van der Waals surface area contributed by atoms with E-state index in [-0.39, 0.29) is 18.4 Å². The van der Waals surface area contributed by atoms with E-state index in [0.29, 0.717) is 51.4 Å². The summed E-state index contributed by atoms with van der Waals surface area (Å²) >= 11 is 0. The smallest absolute Gasteiger partial charge is 0.330 e. The minimum atomic E-state index is -0.533.